The van der Waals surface area contributed by atoms with Crippen molar-refractivity contribution in [3.05, 3.63) is 29.3 Å². The van der Waals surface area contributed by atoms with Crippen LogP contribution in [0.5, 0.6) is 0 Å². The standard InChI is InChI=1S/C10H11NO/c1-7-4-9-3-2-8(6-12)5-10(9)11-7/h2-3,5-7,11H,4H2,1H3. The third kappa shape index (κ3) is 1.09. The predicted molar refractivity (Wildman–Crippen MR) is 48.6 cm³/mol. The van der Waals surface area contributed by atoms with E-state index < -0.39 is 0 Å². The van der Waals surface area contributed by atoms with Crippen molar-refractivity contribution in [3.8, 4) is 0 Å². The molecule has 0 aliphatic carbocycles. The number of carbonyl (C=O) groups excluding carboxylic acids is 1. The minimum absolute atomic E-state index is 0.502. The lowest BCUT2D eigenvalue weighted by Gasteiger charge is -2.01. The number of anilines is 1. The first kappa shape index (κ1) is 7.35. The fourth-order valence-corrected chi connectivity index (χ4v) is 1.63. The van der Waals surface area contributed by atoms with E-state index in [-0.39, 0.29) is 0 Å². The number of hydrogen-bond acceptors (Lipinski definition) is 2. The third-order valence-electron chi connectivity index (χ3n) is 2.20. The highest BCUT2D eigenvalue weighted by Crippen LogP contribution is 2.25. The van der Waals surface area contributed by atoms with Crippen LogP contribution in [0, 0.1) is 0 Å². The third-order valence-corrected chi connectivity index (χ3v) is 2.20. The number of rotatable bonds is 1. The maximum absolute atomic E-state index is 10.5. The smallest absolute Gasteiger partial charge is 0.150 e. The predicted octanol–water partition coefficient (Wildman–Crippen LogP) is 1.86. The Hall–Kier alpha value is -1.31. The SMILES string of the molecule is CC1Cc2ccc(C=O)cc2N1. The molecule has 0 bridgehead atoms. The average molecular weight is 161 g/mol. The summed E-state index contributed by atoms with van der Waals surface area (Å²) in [7, 11) is 0. The number of nitrogens with one attached hydrogen (secondary N) is 1. The molecular formula is C10H11NO. The number of hydrogen-bond donors (Lipinski definition) is 1. The van der Waals surface area contributed by atoms with Gasteiger partial charge in [-0.25, -0.2) is 0 Å². The van der Waals surface area contributed by atoms with E-state index in [1.165, 1.54) is 5.56 Å². The lowest BCUT2D eigenvalue weighted by atomic mass is 10.1. The summed E-state index contributed by atoms with van der Waals surface area (Å²) in [5.41, 5.74) is 3.18. The van der Waals surface area contributed by atoms with Crippen LogP contribution >= 0.6 is 0 Å². The molecule has 1 aromatic carbocycles. The second-order valence-corrected chi connectivity index (χ2v) is 3.28. The second kappa shape index (κ2) is 2.63. The Bertz CT molecular complexity index is 320. The topological polar surface area (TPSA) is 29.1 Å². The van der Waals surface area contributed by atoms with Gasteiger partial charge in [0.1, 0.15) is 6.29 Å². The lowest BCUT2D eigenvalue weighted by molar-refractivity contribution is 0.112. The molecule has 1 unspecified atom stereocenters. The van der Waals surface area contributed by atoms with Gasteiger partial charge in [-0.1, -0.05) is 12.1 Å². The molecule has 62 valence electrons. The van der Waals surface area contributed by atoms with Gasteiger partial charge in [0.15, 0.2) is 0 Å². The minimum Gasteiger partial charge on any atom is -0.382 e. The van der Waals surface area contributed by atoms with Gasteiger partial charge >= 0.3 is 0 Å². The summed E-state index contributed by atoms with van der Waals surface area (Å²) in [5, 5.41) is 3.31. The highest BCUT2D eigenvalue weighted by Gasteiger charge is 2.15. The van der Waals surface area contributed by atoms with E-state index in [1.54, 1.807) is 0 Å². The summed E-state index contributed by atoms with van der Waals surface area (Å²) >= 11 is 0. The second-order valence-electron chi connectivity index (χ2n) is 3.28. The average Bonchev–Trinajstić information content (AvgIpc) is 2.43. The molecule has 1 N–H and O–H groups in total. The molecule has 1 aliphatic rings. The van der Waals surface area contributed by atoms with Gasteiger partial charge in [0.25, 0.3) is 0 Å². The normalized spacial score (nSPS) is 19.9. The summed E-state index contributed by atoms with van der Waals surface area (Å²) < 4.78 is 0. The first-order chi connectivity index (χ1) is 5.79. The summed E-state index contributed by atoms with van der Waals surface area (Å²) in [6, 6.07) is 6.30. The van der Waals surface area contributed by atoms with Crippen LogP contribution < -0.4 is 5.32 Å². The van der Waals surface area contributed by atoms with E-state index in [2.05, 4.69) is 12.2 Å². The van der Waals surface area contributed by atoms with E-state index in [0.29, 0.717) is 6.04 Å². The van der Waals surface area contributed by atoms with Crippen LogP contribution in [-0.4, -0.2) is 12.3 Å². The van der Waals surface area contributed by atoms with Crippen molar-refractivity contribution in [2.45, 2.75) is 19.4 Å². The van der Waals surface area contributed by atoms with Gasteiger partial charge in [0.05, 0.1) is 0 Å². The van der Waals surface area contributed by atoms with Crippen molar-refractivity contribution >= 4 is 12.0 Å². The summed E-state index contributed by atoms with van der Waals surface area (Å²) in [6.07, 6.45) is 1.94. The molecule has 0 radical (unpaired) electrons. The van der Waals surface area contributed by atoms with Crippen LogP contribution in [0.4, 0.5) is 5.69 Å². The van der Waals surface area contributed by atoms with Crippen LogP contribution in [0.2, 0.25) is 0 Å². The minimum atomic E-state index is 0.502. The van der Waals surface area contributed by atoms with Crippen molar-refractivity contribution < 1.29 is 4.79 Å². The zero-order chi connectivity index (χ0) is 8.55. The molecule has 0 aromatic heterocycles. The van der Waals surface area contributed by atoms with Crippen LogP contribution in [0.3, 0.4) is 0 Å². The molecule has 0 saturated carbocycles. The Morgan fingerprint density at radius 1 is 1.58 bits per heavy atom. The molecule has 1 atom stereocenters. The van der Waals surface area contributed by atoms with Crippen molar-refractivity contribution in [2.24, 2.45) is 0 Å². The van der Waals surface area contributed by atoms with Crippen LogP contribution in [0.25, 0.3) is 0 Å². The Kier molecular flexibility index (Phi) is 1.61. The van der Waals surface area contributed by atoms with Gasteiger partial charge in [-0.05, 0) is 25.0 Å². The summed E-state index contributed by atoms with van der Waals surface area (Å²) in [4.78, 5) is 10.5. The molecule has 1 aromatic rings. The Labute approximate surface area is 71.6 Å². The molecule has 0 fully saturated rings. The van der Waals surface area contributed by atoms with E-state index in [0.717, 1.165) is 24.0 Å². The van der Waals surface area contributed by atoms with Crippen molar-refractivity contribution in [3.63, 3.8) is 0 Å². The van der Waals surface area contributed by atoms with Crippen LogP contribution in [0.1, 0.15) is 22.8 Å². The number of aldehydes is 1. The van der Waals surface area contributed by atoms with Gasteiger partial charge in [-0.2, -0.15) is 0 Å². The Balaban J connectivity index is 2.41. The van der Waals surface area contributed by atoms with E-state index in [4.69, 9.17) is 0 Å². The lowest BCUT2D eigenvalue weighted by Crippen LogP contribution is -2.08. The van der Waals surface area contributed by atoms with E-state index in [1.807, 2.05) is 18.2 Å². The van der Waals surface area contributed by atoms with E-state index in [9.17, 15) is 4.79 Å². The maximum Gasteiger partial charge on any atom is 0.150 e. The van der Waals surface area contributed by atoms with Crippen molar-refractivity contribution in [1.29, 1.82) is 0 Å². The molecule has 2 heteroatoms. The zero-order valence-electron chi connectivity index (χ0n) is 7.00. The highest BCUT2D eigenvalue weighted by atomic mass is 16.1. The molecule has 1 aliphatic heterocycles. The van der Waals surface area contributed by atoms with Gasteiger partial charge in [0, 0.05) is 17.3 Å². The largest absolute Gasteiger partial charge is 0.382 e. The molecule has 12 heavy (non-hydrogen) atoms. The van der Waals surface area contributed by atoms with Gasteiger partial charge in [-0.15, -0.1) is 0 Å². The Morgan fingerprint density at radius 2 is 2.42 bits per heavy atom. The maximum atomic E-state index is 10.5. The number of fused-ring (bicyclic) bond motifs is 1. The summed E-state index contributed by atoms with van der Waals surface area (Å²) in [6.45, 7) is 2.14. The molecule has 0 spiro atoms. The van der Waals surface area contributed by atoms with Crippen molar-refractivity contribution in [2.75, 3.05) is 5.32 Å². The fourth-order valence-electron chi connectivity index (χ4n) is 1.63. The molecular weight excluding hydrogens is 150 g/mol. The Morgan fingerprint density at radius 3 is 3.17 bits per heavy atom. The van der Waals surface area contributed by atoms with Gasteiger partial charge in [0.2, 0.25) is 0 Å². The quantitative estimate of drug-likeness (QED) is 0.637. The first-order valence-corrected chi connectivity index (χ1v) is 4.14. The van der Waals surface area contributed by atoms with E-state index >= 15 is 0 Å². The molecule has 2 nitrogen and oxygen atoms in total. The zero-order valence-corrected chi connectivity index (χ0v) is 7.00. The molecule has 0 amide bonds. The molecule has 1 heterocycles. The first-order valence-electron chi connectivity index (χ1n) is 4.14. The van der Waals surface area contributed by atoms with Gasteiger partial charge < -0.3 is 5.32 Å². The monoisotopic (exact) mass is 161 g/mol. The number of carbonyl (C=O) groups is 1. The summed E-state index contributed by atoms with van der Waals surface area (Å²) in [5.74, 6) is 0. The van der Waals surface area contributed by atoms with Crippen LogP contribution in [-0.2, 0) is 6.42 Å². The van der Waals surface area contributed by atoms with Crippen molar-refractivity contribution in [1.82, 2.24) is 0 Å². The fraction of sp³-hybridized carbons (Fsp3) is 0.300. The molecule has 2 rings (SSSR count). The molecule has 0 saturated heterocycles. The van der Waals surface area contributed by atoms with Gasteiger partial charge in [-0.3, -0.25) is 4.79 Å². The number of benzene rings is 1. The van der Waals surface area contributed by atoms with Crippen LogP contribution in [0.15, 0.2) is 18.2 Å². The highest BCUT2D eigenvalue weighted by molar-refractivity contribution is 5.78.